The van der Waals surface area contributed by atoms with Crippen LogP contribution in [-0.4, -0.2) is 39.5 Å². The quantitative estimate of drug-likeness (QED) is 0.616. The number of hydrogen-bond acceptors (Lipinski definition) is 6. The minimum absolute atomic E-state index is 0.0316. The molecule has 0 heterocycles. The predicted octanol–water partition coefficient (Wildman–Crippen LogP) is 1.93. The van der Waals surface area contributed by atoms with E-state index in [0.29, 0.717) is 18.0 Å². The van der Waals surface area contributed by atoms with Crippen molar-refractivity contribution < 1.29 is 27.5 Å². The van der Waals surface area contributed by atoms with E-state index in [1.54, 1.807) is 42.5 Å². The zero-order valence-corrected chi connectivity index (χ0v) is 16.4. The van der Waals surface area contributed by atoms with Crippen molar-refractivity contribution in [2.45, 2.75) is 24.8 Å². The summed E-state index contributed by atoms with van der Waals surface area (Å²) in [5, 5.41) is 2.60. The van der Waals surface area contributed by atoms with Crippen molar-refractivity contribution in [3.05, 3.63) is 54.6 Å². The Morgan fingerprint density at radius 2 is 1.68 bits per heavy atom. The lowest BCUT2D eigenvalue weighted by Crippen LogP contribution is -2.35. The molecule has 2 N–H and O–H groups in total. The Kier molecular flexibility index (Phi) is 7.53. The van der Waals surface area contributed by atoms with Crippen LogP contribution in [0.3, 0.4) is 0 Å². The van der Waals surface area contributed by atoms with Gasteiger partial charge in [0.2, 0.25) is 10.0 Å². The van der Waals surface area contributed by atoms with Crippen LogP contribution < -0.4 is 14.8 Å². The summed E-state index contributed by atoms with van der Waals surface area (Å²) in [5.41, 5.74) is 0.515. The van der Waals surface area contributed by atoms with Crippen LogP contribution in [0.2, 0.25) is 0 Å². The topological polar surface area (TPSA) is 111 Å². The van der Waals surface area contributed by atoms with Crippen LogP contribution in [0.25, 0.3) is 0 Å². The van der Waals surface area contributed by atoms with E-state index in [4.69, 9.17) is 9.47 Å². The maximum atomic E-state index is 12.1. The molecule has 0 aliphatic rings. The molecule has 2 aromatic carbocycles. The lowest BCUT2D eigenvalue weighted by atomic mass is 10.3. The lowest BCUT2D eigenvalue weighted by molar-refractivity contribution is -0.151. The molecule has 0 aliphatic carbocycles. The van der Waals surface area contributed by atoms with E-state index in [2.05, 4.69) is 10.0 Å². The van der Waals surface area contributed by atoms with Gasteiger partial charge in [-0.1, -0.05) is 18.2 Å². The molecule has 2 rings (SSSR count). The van der Waals surface area contributed by atoms with Crippen molar-refractivity contribution in [2.75, 3.05) is 18.5 Å². The molecule has 0 aliphatic heterocycles. The highest BCUT2D eigenvalue weighted by atomic mass is 32.2. The predicted molar refractivity (Wildman–Crippen MR) is 103 cm³/mol. The Morgan fingerprint density at radius 3 is 2.29 bits per heavy atom. The third-order valence-electron chi connectivity index (χ3n) is 3.57. The van der Waals surface area contributed by atoms with Crippen molar-refractivity contribution in [1.29, 1.82) is 0 Å². The van der Waals surface area contributed by atoms with Gasteiger partial charge in [-0.15, -0.1) is 0 Å². The van der Waals surface area contributed by atoms with Crippen molar-refractivity contribution in [2.24, 2.45) is 0 Å². The van der Waals surface area contributed by atoms with E-state index >= 15 is 0 Å². The fourth-order valence-electron chi connectivity index (χ4n) is 2.17. The monoisotopic (exact) mass is 406 g/mol. The Labute approximate surface area is 163 Å². The van der Waals surface area contributed by atoms with Crippen LogP contribution in [0.15, 0.2) is 59.5 Å². The molecule has 0 radical (unpaired) electrons. The Hall–Kier alpha value is -2.91. The molecule has 2 aromatic rings. The highest BCUT2D eigenvalue weighted by Gasteiger charge is 2.20. The fraction of sp³-hybridized carbons (Fsp3) is 0.263. The summed E-state index contributed by atoms with van der Waals surface area (Å²) in [7, 11) is -3.83. The van der Waals surface area contributed by atoms with Crippen LogP contribution in [0.1, 0.15) is 13.8 Å². The molecule has 0 spiro atoms. The molecule has 8 nitrogen and oxygen atoms in total. The van der Waals surface area contributed by atoms with Crippen LogP contribution in [0.4, 0.5) is 5.69 Å². The van der Waals surface area contributed by atoms with Crippen molar-refractivity contribution in [3.63, 3.8) is 0 Å². The van der Waals surface area contributed by atoms with Crippen LogP contribution in [0, 0.1) is 0 Å². The van der Waals surface area contributed by atoms with Crippen molar-refractivity contribution in [1.82, 2.24) is 4.72 Å². The highest BCUT2D eigenvalue weighted by Crippen LogP contribution is 2.16. The van der Waals surface area contributed by atoms with Gasteiger partial charge in [0.05, 0.1) is 11.5 Å². The van der Waals surface area contributed by atoms with Gasteiger partial charge in [0.1, 0.15) is 12.3 Å². The van der Waals surface area contributed by atoms with E-state index in [1.165, 1.54) is 19.1 Å². The minimum atomic E-state index is -3.83. The van der Waals surface area contributed by atoms with Gasteiger partial charge < -0.3 is 14.8 Å². The second-order valence-corrected chi connectivity index (χ2v) is 7.48. The standard InChI is InChI=1S/C19H22N2O6S/c1-3-26-16-11-9-15(10-12-16)21-19(23)14(2)27-18(22)13-20-28(24,25)17-7-5-4-6-8-17/h4-12,14,20H,3,13H2,1-2H3,(H,21,23)/t14-/m0/s1. The Bertz CT molecular complexity index is 898. The lowest BCUT2D eigenvalue weighted by Gasteiger charge is -2.14. The summed E-state index contributed by atoms with van der Waals surface area (Å²) < 4.78 is 36.6. The number of amides is 1. The summed E-state index contributed by atoms with van der Waals surface area (Å²) in [5.74, 6) is -0.733. The van der Waals surface area contributed by atoms with E-state index in [9.17, 15) is 18.0 Å². The van der Waals surface area contributed by atoms with E-state index in [0.717, 1.165) is 0 Å². The van der Waals surface area contributed by atoms with Gasteiger partial charge in [-0.25, -0.2) is 8.42 Å². The molecule has 0 saturated heterocycles. The molecule has 150 valence electrons. The number of carbonyl (C=O) groups excluding carboxylic acids is 2. The second kappa shape index (κ2) is 9.86. The van der Waals surface area contributed by atoms with Gasteiger partial charge >= 0.3 is 5.97 Å². The zero-order valence-electron chi connectivity index (χ0n) is 15.5. The molecule has 0 aromatic heterocycles. The summed E-state index contributed by atoms with van der Waals surface area (Å²) in [6.45, 7) is 3.21. The number of hydrogen-bond donors (Lipinski definition) is 2. The first-order chi connectivity index (χ1) is 13.3. The van der Waals surface area contributed by atoms with Crippen LogP contribution >= 0.6 is 0 Å². The number of benzene rings is 2. The number of carbonyl (C=O) groups is 2. The van der Waals surface area contributed by atoms with Crippen LogP contribution in [-0.2, 0) is 24.3 Å². The van der Waals surface area contributed by atoms with E-state index in [1.807, 2.05) is 6.92 Å². The summed E-state index contributed by atoms with van der Waals surface area (Å²) in [4.78, 5) is 24.0. The molecule has 1 atom stereocenters. The number of anilines is 1. The van der Waals surface area contributed by atoms with Crippen molar-refractivity contribution in [3.8, 4) is 5.75 Å². The third kappa shape index (κ3) is 6.36. The molecule has 0 fully saturated rings. The number of esters is 1. The molecule has 1 amide bonds. The van der Waals surface area contributed by atoms with Gasteiger partial charge in [-0.05, 0) is 50.2 Å². The molecular weight excluding hydrogens is 384 g/mol. The van der Waals surface area contributed by atoms with Gasteiger partial charge in [0.25, 0.3) is 5.91 Å². The average Bonchev–Trinajstić information content (AvgIpc) is 2.69. The largest absolute Gasteiger partial charge is 0.494 e. The molecule has 0 bridgehead atoms. The zero-order chi connectivity index (χ0) is 20.6. The van der Waals surface area contributed by atoms with Crippen molar-refractivity contribution >= 4 is 27.6 Å². The number of nitrogens with one attached hydrogen (secondary N) is 2. The van der Waals surface area contributed by atoms with Gasteiger partial charge in [0, 0.05) is 5.69 Å². The molecule has 0 unspecified atom stereocenters. The SMILES string of the molecule is CCOc1ccc(NC(=O)[C@H](C)OC(=O)CNS(=O)(=O)c2ccccc2)cc1. The molecule has 28 heavy (non-hydrogen) atoms. The first-order valence-corrected chi connectivity index (χ1v) is 10.1. The van der Waals surface area contributed by atoms with Gasteiger partial charge in [-0.3, -0.25) is 9.59 Å². The highest BCUT2D eigenvalue weighted by molar-refractivity contribution is 7.89. The first kappa shape index (κ1) is 21.4. The summed E-state index contributed by atoms with van der Waals surface area (Å²) >= 11 is 0. The van der Waals surface area contributed by atoms with E-state index in [-0.39, 0.29) is 4.90 Å². The van der Waals surface area contributed by atoms with Gasteiger partial charge in [-0.2, -0.15) is 4.72 Å². The normalized spacial score (nSPS) is 12.1. The smallest absolute Gasteiger partial charge is 0.321 e. The number of ether oxygens (including phenoxy) is 2. The summed E-state index contributed by atoms with van der Waals surface area (Å²) in [6.07, 6.45) is -1.10. The third-order valence-corrected chi connectivity index (χ3v) is 4.99. The average molecular weight is 406 g/mol. The number of rotatable bonds is 9. The van der Waals surface area contributed by atoms with E-state index < -0.39 is 34.5 Å². The first-order valence-electron chi connectivity index (χ1n) is 8.59. The number of sulfonamides is 1. The second-order valence-electron chi connectivity index (χ2n) is 5.72. The fourth-order valence-corrected chi connectivity index (χ4v) is 3.16. The molecular formula is C19H22N2O6S. The summed E-state index contributed by atoms with van der Waals surface area (Å²) in [6, 6.07) is 14.3. The maximum Gasteiger partial charge on any atom is 0.321 e. The maximum absolute atomic E-state index is 12.1. The molecule has 0 saturated carbocycles. The Balaban J connectivity index is 1.83. The van der Waals surface area contributed by atoms with Gasteiger partial charge in [0.15, 0.2) is 6.10 Å². The van der Waals surface area contributed by atoms with Crippen LogP contribution in [0.5, 0.6) is 5.75 Å². The Morgan fingerprint density at radius 1 is 1.04 bits per heavy atom. The molecule has 9 heteroatoms. The minimum Gasteiger partial charge on any atom is -0.494 e.